The van der Waals surface area contributed by atoms with Crippen molar-refractivity contribution in [1.82, 2.24) is 9.80 Å². The number of halogens is 1. The normalized spacial score (nSPS) is 20.1. The molecule has 2 N–H and O–H groups in total. The van der Waals surface area contributed by atoms with Crippen LogP contribution >= 0.6 is 27.3 Å². The van der Waals surface area contributed by atoms with Crippen LogP contribution < -0.4 is 5.73 Å². The molecule has 0 radical (unpaired) electrons. The van der Waals surface area contributed by atoms with E-state index in [9.17, 15) is 4.79 Å². The molecule has 0 saturated carbocycles. The van der Waals surface area contributed by atoms with Gasteiger partial charge in [0, 0.05) is 24.0 Å². The molecule has 0 bridgehead atoms. The molecule has 0 spiro atoms. The van der Waals surface area contributed by atoms with E-state index in [4.69, 9.17) is 5.73 Å². The van der Waals surface area contributed by atoms with Crippen molar-refractivity contribution in [3.05, 3.63) is 20.8 Å². The number of rotatable bonds is 5. The van der Waals surface area contributed by atoms with Gasteiger partial charge in [-0.1, -0.05) is 0 Å². The van der Waals surface area contributed by atoms with Crippen LogP contribution in [0.4, 0.5) is 0 Å². The van der Waals surface area contributed by atoms with Crippen molar-refractivity contribution >= 4 is 33.2 Å². The number of carbonyl (C=O) groups is 1. The number of carbonyl (C=O) groups excluding carboxylic acids is 1. The van der Waals surface area contributed by atoms with Gasteiger partial charge in [0.1, 0.15) is 0 Å². The Balaban J connectivity index is 1.88. The fourth-order valence-corrected chi connectivity index (χ4v) is 4.03. The Morgan fingerprint density at radius 3 is 3.00 bits per heavy atom. The number of hydrogen-bond donors (Lipinski definition) is 1. The second-order valence-electron chi connectivity index (χ2n) is 5.25. The molecule has 1 fully saturated rings. The van der Waals surface area contributed by atoms with Gasteiger partial charge in [0.25, 0.3) is 0 Å². The van der Waals surface area contributed by atoms with Crippen molar-refractivity contribution in [3.8, 4) is 0 Å². The van der Waals surface area contributed by atoms with Gasteiger partial charge in [-0.3, -0.25) is 9.69 Å². The summed E-state index contributed by atoms with van der Waals surface area (Å²) in [7, 11) is 0. The molecule has 6 heteroatoms. The van der Waals surface area contributed by atoms with Gasteiger partial charge in [0.05, 0.1) is 16.9 Å². The van der Waals surface area contributed by atoms with Crippen LogP contribution in [0.5, 0.6) is 0 Å². The van der Waals surface area contributed by atoms with E-state index >= 15 is 0 Å². The Hall–Kier alpha value is -0.430. The Labute approximate surface area is 133 Å². The van der Waals surface area contributed by atoms with Gasteiger partial charge in [0.15, 0.2) is 0 Å². The Morgan fingerprint density at radius 2 is 2.40 bits per heavy atom. The summed E-state index contributed by atoms with van der Waals surface area (Å²) >= 11 is 5.14. The van der Waals surface area contributed by atoms with Gasteiger partial charge < -0.3 is 10.6 Å². The molecule has 1 amide bonds. The molecular weight excluding hydrogens is 338 g/mol. The van der Waals surface area contributed by atoms with Gasteiger partial charge in [-0.2, -0.15) is 0 Å². The highest BCUT2D eigenvalue weighted by atomic mass is 79.9. The number of hydrogen-bond acceptors (Lipinski definition) is 4. The van der Waals surface area contributed by atoms with E-state index in [1.54, 1.807) is 11.3 Å². The zero-order valence-electron chi connectivity index (χ0n) is 11.8. The average molecular weight is 360 g/mol. The molecule has 0 aromatic carbocycles. The fraction of sp³-hybridized carbons (Fsp3) is 0.643. The zero-order chi connectivity index (χ0) is 14.5. The first-order valence-corrected chi connectivity index (χ1v) is 8.69. The maximum Gasteiger partial charge on any atom is 0.237 e. The van der Waals surface area contributed by atoms with Gasteiger partial charge in [-0.05, 0) is 54.4 Å². The summed E-state index contributed by atoms with van der Waals surface area (Å²) in [5.41, 5.74) is 5.97. The molecule has 4 nitrogen and oxygen atoms in total. The van der Waals surface area contributed by atoms with Crippen LogP contribution in [0, 0.1) is 0 Å². The summed E-state index contributed by atoms with van der Waals surface area (Å²) in [6, 6.07) is 4.32. The Kier molecular flexibility index (Phi) is 6.01. The van der Waals surface area contributed by atoms with Crippen LogP contribution in [-0.2, 0) is 11.3 Å². The number of thiophene rings is 1. The minimum atomic E-state index is 0.200. The first kappa shape index (κ1) is 15.9. The van der Waals surface area contributed by atoms with E-state index in [1.165, 1.54) is 4.88 Å². The molecule has 112 valence electrons. The Morgan fingerprint density at radius 1 is 1.60 bits per heavy atom. The lowest BCUT2D eigenvalue weighted by Gasteiger charge is -2.32. The molecule has 1 aromatic rings. The molecule has 20 heavy (non-hydrogen) atoms. The average Bonchev–Trinajstić information content (AvgIpc) is 2.81. The molecule has 1 atom stereocenters. The van der Waals surface area contributed by atoms with Gasteiger partial charge >= 0.3 is 0 Å². The van der Waals surface area contributed by atoms with Crippen LogP contribution in [0.2, 0.25) is 0 Å². The third-order valence-electron chi connectivity index (χ3n) is 3.61. The highest BCUT2D eigenvalue weighted by Crippen LogP contribution is 2.23. The van der Waals surface area contributed by atoms with E-state index in [-0.39, 0.29) is 11.9 Å². The molecule has 1 unspecified atom stereocenters. The minimum absolute atomic E-state index is 0.200. The second kappa shape index (κ2) is 7.54. The number of likely N-dealkylation sites (tertiary alicyclic amines) is 1. The monoisotopic (exact) mass is 359 g/mol. The van der Waals surface area contributed by atoms with Crippen molar-refractivity contribution in [2.45, 2.75) is 32.4 Å². The summed E-state index contributed by atoms with van der Waals surface area (Å²) in [6.45, 7) is 5.80. The van der Waals surface area contributed by atoms with Crippen LogP contribution in [0.15, 0.2) is 15.9 Å². The topological polar surface area (TPSA) is 49.6 Å². The first-order valence-electron chi connectivity index (χ1n) is 7.08. The molecule has 2 rings (SSSR count). The van der Waals surface area contributed by atoms with E-state index in [0.717, 1.165) is 36.3 Å². The fourth-order valence-electron chi connectivity index (χ4n) is 2.53. The summed E-state index contributed by atoms with van der Waals surface area (Å²) < 4.78 is 1.11. The van der Waals surface area contributed by atoms with Crippen LogP contribution in [0.25, 0.3) is 0 Å². The maximum absolute atomic E-state index is 12.4. The molecule has 0 aliphatic carbocycles. The summed E-state index contributed by atoms with van der Waals surface area (Å²) in [6.07, 6.45) is 2.17. The molecule has 1 aliphatic heterocycles. The Bertz CT molecular complexity index is 451. The highest BCUT2D eigenvalue weighted by molar-refractivity contribution is 9.11. The lowest BCUT2D eigenvalue weighted by atomic mass is 10.1. The van der Waals surface area contributed by atoms with Crippen molar-refractivity contribution in [3.63, 3.8) is 0 Å². The van der Waals surface area contributed by atoms with E-state index in [0.29, 0.717) is 13.1 Å². The minimum Gasteiger partial charge on any atom is -0.337 e. The lowest BCUT2D eigenvalue weighted by molar-refractivity contribution is -0.133. The number of piperidine rings is 1. The molecular formula is C14H22BrN3OS. The van der Waals surface area contributed by atoms with Gasteiger partial charge in [-0.25, -0.2) is 0 Å². The van der Waals surface area contributed by atoms with Crippen LogP contribution in [-0.4, -0.2) is 47.9 Å². The van der Waals surface area contributed by atoms with E-state index < -0.39 is 0 Å². The van der Waals surface area contributed by atoms with Crippen LogP contribution in [0.1, 0.15) is 24.6 Å². The third-order valence-corrected chi connectivity index (χ3v) is 5.22. The van der Waals surface area contributed by atoms with Crippen molar-refractivity contribution in [2.75, 3.05) is 26.2 Å². The lowest BCUT2D eigenvalue weighted by Crippen LogP contribution is -2.47. The van der Waals surface area contributed by atoms with Crippen molar-refractivity contribution in [2.24, 2.45) is 5.73 Å². The maximum atomic E-state index is 12.4. The predicted octanol–water partition coefficient (Wildman–Crippen LogP) is 2.28. The summed E-state index contributed by atoms with van der Waals surface area (Å²) in [5, 5.41) is 0. The number of likely N-dealkylation sites (N-methyl/N-ethyl adjacent to an activating group) is 1. The molecule has 1 aliphatic rings. The van der Waals surface area contributed by atoms with E-state index in [1.807, 2.05) is 17.9 Å². The SMILES string of the molecule is CCN(Cc1ccc(Br)s1)C(=O)CN1CCCC(N)C1. The van der Waals surface area contributed by atoms with Crippen LogP contribution in [0.3, 0.4) is 0 Å². The first-order chi connectivity index (χ1) is 9.58. The number of nitrogens with two attached hydrogens (primary N) is 1. The largest absolute Gasteiger partial charge is 0.337 e. The molecule has 2 heterocycles. The summed E-state index contributed by atoms with van der Waals surface area (Å²) in [5.74, 6) is 0.200. The van der Waals surface area contributed by atoms with Gasteiger partial charge in [0.2, 0.25) is 5.91 Å². The standard InChI is InChI=1S/C14H22BrN3OS/c1-2-18(9-12-5-6-13(15)20-12)14(19)10-17-7-3-4-11(16)8-17/h5-6,11H,2-4,7-10,16H2,1H3. The third kappa shape index (κ3) is 4.55. The van der Waals surface area contributed by atoms with Crippen molar-refractivity contribution in [1.29, 1.82) is 0 Å². The predicted molar refractivity (Wildman–Crippen MR) is 86.8 cm³/mol. The zero-order valence-corrected chi connectivity index (χ0v) is 14.3. The highest BCUT2D eigenvalue weighted by Gasteiger charge is 2.21. The molecule has 1 saturated heterocycles. The smallest absolute Gasteiger partial charge is 0.237 e. The van der Waals surface area contributed by atoms with E-state index in [2.05, 4.69) is 26.9 Å². The second-order valence-corrected chi connectivity index (χ2v) is 7.80. The number of nitrogens with zero attached hydrogens (tertiary/aromatic N) is 2. The van der Waals surface area contributed by atoms with Crippen molar-refractivity contribution < 1.29 is 4.79 Å². The number of amides is 1. The quantitative estimate of drug-likeness (QED) is 0.877. The van der Waals surface area contributed by atoms with Gasteiger partial charge in [-0.15, -0.1) is 11.3 Å². The summed E-state index contributed by atoms with van der Waals surface area (Å²) in [4.78, 5) is 17.7. The molecule has 1 aromatic heterocycles.